The van der Waals surface area contributed by atoms with E-state index in [0.29, 0.717) is 5.56 Å². The highest BCUT2D eigenvalue weighted by Gasteiger charge is 2.24. The number of carbonyl (C=O) groups excluding carboxylic acids is 2. The molecular formula is C20H18BrFN2O3. The molecule has 0 aliphatic carbocycles. The number of fused-ring (bicyclic) bond motifs is 1. The molecule has 7 heteroatoms. The Hall–Kier alpha value is -2.67. The maximum Gasteiger partial charge on any atom is 0.328 e. The molecular weight excluding hydrogens is 415 g/mol. The summed E-state index contributed by atoms with van der Waals surface area (Å²) in [5, 5.41) is 3.64. The molecule has 1 amide bonds. The van der Waals surface area contributed by atoms with E-state index in [1.54, 1.807) is 13.1 Å². The number of amides is 1. The quantitative estimate of drug-likeness (QED) is 0.600. The summed E-state index contributed by atoms with van der Waals surface area (Å²) in [6.07, 6.45) is 2.07. The van der Waals surface area contributed by atoms with Gasteiger partial charge in [-0.25, -0.2) is 9.18 Å². The highest BCUT2D eigenvalue weighted by Crippen LogP contribution is 2.24. The van der Waals surface area contributed by atoms with Crippen LogP contribution in [0.4, 0.5) is 4.39 Å². The third kappa shape index (κ3) is 4.19. The molecule has 0 spiro atoms. The lowest BCUT2D eigenvalue weighted by atomic mass is 10.0. The van der Waals surface area contributed by atoms with Crippen molar-refractivity contribution >= 4 is 38.7 Å². The van der Waals surface area contributed by atoms with Crippen molar-refractivity contribution in [1.29, 1.82) is 0 Å². The topological polar surface area (TPSA) is 71.2 Å². The molecule has 1 atom stereocenters. The number of nitrogens with one attached hydrogen (secondary N) is 2. The second-order valence-corrected chi connectivity index (χ2v) is 7.14. The second-order valence-electron chi connectivity index (χ2n) is 6.22. The van der Waals surface area contributed by atoms with E-state index in [9.17, 15) is 14.0 Å². The molecule has 0 saturated heterocycles. The van der Waals surface area contributed by atoms with E-state index in [-0.39, 0.29) is 17.8 Å². The van der Waals surface area contributed by atoms with Crippen LogP contribution in [0, 0.1) is 12.7 Å². The van der Waals surface area contributed by atoms with Crippen molar-refractivity contribution in [3.8, 4) is 0 Å². The molecule has 27 heavy (non-hydrogen) atoms. The molecule has 0 radical (unpaired) electrons. The van der Waals surface area contributed by atoms with Gasteiger partial charge in [0, 0.05) is 33.6 Å². The van der Waals surface area contributed by atoms with Crippen LogP contribution in [0.1, 0.15) is 21.5 Å². The largest absolute Gasteiger partial charge is 0.467 e. The number of aryl methyl sites for hydroxylation is 1. The summed E-state index contributed by atoms with van der Waals surface area (Å²) in [5.74, 6) is -1.40. The number of ether oxygens (including phenoxy) is 1. The van der Waals surface area contributed by atoms with Crippen LogP contribution < -0.4 is 5.32 Å². The monoisotopic (exact) mass is 432 g/mol. The number of carbonyl (C=O) groups is 2. The maximum atomic E-state index is 13.4. The molecule has 2 N–H and O–H groups in total. The summed E-state index contributed by atoms with van der Waals surface area (Å²) in [5.41, 5.74) is 2.44. The van der Waals surface area contributed by atoms with Crippen molar-refractivity contribution in [1.82, 2.24) is 10.3 Å². The minimum Gasteiger partial charge on any atom is -0.467 e. The summed E-state index contributed by atoms with van der Waals surface area (Å²) in [6, 6.07) is 8.98. The first-order chi connectivity index (χ1) is 12.9. The van der Waals surface area contributed by atoms with Crippen LogP contribution in [-0.2, 0) is 16.0 Å². The first-order valence-corrected chi connectivity index (χ1v) is 9.08. The lowest BCUT2D eigenvalue weighted by Crippen LogP contribution is -2.43. The van der Waals surface area contributed by atoms with Crippen LogP contribution in [0.3, 0.4) is 0 Å². The van der Waals surface area contributed by atoms with E-state index >= 15 is 0 Å². The van der Waals surface area contributed by atoms with Gasteiger partial charge < -0.3 is 15.0 Å². The Bertz CT molecular complexity index is 1020. The number of methoxy groups -OCH3 is 1. The molecule has 0 aliphatic rings. The van der Waals surface area contributed by atoms with Crippen LogP contribution in [0.5, 0.6) is 0 Å². The van der Waals surface area contributed by atoms with E-state index in [1.807, 2.05) is 18.2 Å². The summed E-state index contributed by atoms with van der Waals surface area (Å²) in [7, 11) is 1.27. The van der Waals surface area contributed by atoms with Gasteiger partial charge in [0.25, 0.3) is 5.91 Å². The first kappa shape index (κ1) is 19.1. The van der Waals surface area contributed by atoms with Crippen LogP contribution in [-0.4, -0.2) is 30.0 Å². The Labute approximate surface area is 164 Å². The molecule has 0 bridgehead atoms. The van der Waals surface area contributed by atoms with E-state index in [1.165, 1.54) is 25.3 Å². The highest BCUT2D eigenvalue weighted by atomic mass is 79.9. The number of hydrogen-bond acceptors (Lipinski definition) is 3. The van der Waals surface area contributed by atoms with E-state index in [4.69, 9.17) is 4.74 Å². The normalized spacial score (nSPS) is 12.0. The fraction of sp³-hybridized carbons (Fsp3) is 0.200. The van der Waals surface area contributed by atoms with Gasteiger partial charge in [-0.15, -0.1) is 0 Å². The van der Waals surface area contributed by atoms with Crippen LogP contribution in [0.15, 0.2) is 47.1 Å². The minimum absolute atomic E-state index is 0.259. The number of hydrogen-bond donors (Lipinski definition) is 2. The average Bonchev–Trinajstić information content (AvgIpc) is 3.04. The van der Waals surface area contributed by atoms with Crippen molar-refractivity contribution in [3.63, 3.8) is 0 Å². The van der Waals surface area contributed by atoms with Gasteiger partial charge in [0.1, 0.15) is 11.9 Å². The fourth-order valence-electron chi connectivity index (χ4n) is 2.90. The number of halogens is 2. The number of rotatable bonds is 5. The van der Waals surface area contributed by atoms with Crippen molar-refractivity contribution < 1.29 is 18.7 Å². The van der Waals surface area contributed by atoms with E-state index < -0.39 is 17.9 Å². The summed E-state index contributed by atoms with van der Waals surface area (Å²) < 4.78 is 19.2. The fourth-order valence-corrected chi connectivity index (χ4v) is 3.26. The summed E-state index contributed by atoms with van der Waals surface area (Å²) in [6.45, 7) is 1.58. The Balaban J connectivity index is 1.85. The molecule has 1 unspecified atom stereocenters. The van der Waals surface area contributed by atoms with Gasteiger partial charge >= 0.3 is 5.97 Å². The molecule has 0 fully saturated rings. The molecule has 1 aromatic heterocycles. The molecule has 1 heterocycles. The molecule has 3 rings (SSSR count). The standard InChI is InChI=1S/C20H18BrFN2O3/c1-11-7-12(3-5-16(11)22)19(25)24-18(20(26)27-2)8-13-10-23-17-6-4-14(21)9-15(13)17/h3-7,9-10,18,23H,8H2,1-2H3,(H,24,25). The van der Waals surface area contributed by atoms with Gasteiger partial charge in [-0.05, 0) is 54.4 Å². The SMILES string of the molecule is COC(=O)C(Cc1c[nH]c2ccc(Br)cc12)NC(=O)c1ccc(F)c(C)c1. The van der Waals surface area contributed by atoms with E-state index in [2.05, 4.69) is 26.2 Å². The third-order valence-electron chi connectivity index (χ3n) is 4.36. The van der Waals surface area contributed by atoms with Crippen LogP contribution >= 0.6 is 15.9 Å². The summed E-state index contributed by atoms with van der Waals surface area (Å²) in [4.78, 5) is 27.9. The molecule has 140 valence electrons. The number of H-pyrrole nitrogens is 1. The number of aromatic amines is 1. The number of esters is 1. The molecule has 0 aliphatic heterocycles. The third-order valence-corrected chi connectivity index (χ3v) is 4.86. The zero-order valence-corrected chi connectivity index (χ0v) is 16.4. The Morgan fingerprint density at radius 1 is 1.26 bits per heavy atom. The van der Waals surface area contributed by atoms with Gasteiger partial charge in [0.2, 0.25) is 0 Å². The average molecular weight is 433 g/mol. The van der Waals surface area contributed by atoms with Crippen molar-refractivity contribution in [2.24, 2.45) is 0 Å². The van der Waals surface area contributed by atoms with Gasteiger partial charge in [0.15, 0.2) is 0 Å². The maximum absolute atomic E-state index is 13.4. The minimum atomic E-state index is -0.870. The molecule has 3 aromatic rings. The van der Waals surface area contributed by atoms with Crippen molar-refractivity contribution in [3.05, 3.63) is 69.6 Å². The predicted octanol–water partition coefficient (Wildman–Crippen LogP) is 3.89. The van der Waals surface area contributed by atoms with Gasteiger partial charge in [-0.3, -0.25) is 4.79 Å². The lowest BCUT2D eigenvalue weighted by molar-refractivity contribution is -0.142. The smallest absolute Gasteiger partial charge is 0.328 e. The Morgan fingerprint density at radius 3 is 2.74 bits per heavy atom. The second kappa shape index (κ2) is 7.92. The zero-order valence-electron chi connectivity index (χ0n) is 14.8. The van der Waals surface area contributed by atoms with Gasteiger partial charge in [-0.1, -0.05) is 15.9 Å². The molecule has 2 aromatic carbocycles. The first-order valence-electron chi connectivity index (χ1n) is 8.29. The van der Waals surface area contributed by atoms with Crippen molar-refractivity contribution in [2.75, 3.05) is 7.11 Å². The number of benzene rings is 2. The van der Waals surface area contributed by atoms with Gasteiger partial charge in [0.05, 0.1) is 7.11 Å². The summed E-state index contributed by atoms with van der Waals surface area (Å²) >= 11 is 3.44. The number of aromatic nitrogens is 1. The van der Waals surface area contributed by atoms with Crippen LogP contribution in [0.25, 0.3) is 10.9 Å². The van der Waals surface area contributed by atoms with Crippen molar-refractivity contribution in [2.45, 2.75) is 19.4 Å². The Kier molecular flexibility index (Phi) is 5.60. The lowest BCUT2D eigenvalue weighted by Gasteiger charge is -2.16. The molecule has 5 nitrogen and oxygen atoms in total. The van der Waals surface area contributed by atoms with Crippen LogP contribution in [0.2, 0.25) is 0 Å². The highest BCUT2D eigenvalue weighted by molar-refractivity contribution is 9.10. The predicted molar refractivity (Wildman–Crippen MR) is 104 cm³/mol. The Morgan fingerprint density at radius 2 is 2.04 bits per heavy atom. The molecule has 0 saturated carbocycles. The van der Waals surface area contributed by atoms with E-state index in [0.717, 1.165) is 20.9 Å². The zero-order chi connectivity index (χ0) is 19.6. The van der Waals surface area contributed by atoms with Gasteiger partial charge in [-0.2, -0.15) is 0 Å².